The maximum atomic E-state index is 14.6. The number of imide groups is 1. The molecule has 1 aliphatic rings. The van der Waals surface area contributed by atoms with E-state index in [4.69, 9.17) is 0 Å². The molecule has 2 amide bonds. The third-order valence-corrected chi connectivity index (χ3v) is 5.46. The first-order valence-corrected chi connectivity index (χ1v) is 10.3. The number of benzene rings is 3. The molecule has 0 N–H and O–H groups in total. The van der Waals surface area contributed by atoms with Crippen LogP contribution in [0.1, 0.15) is 23.6 Å². The van der Waals surface area contributed by atoms with E-state index in [0.29, 0.717) is 18.7 Å². The molecule has 32 heavy (non-hydrogen) atoms. The SMILES string of the molecule is CCN(Cc1ccccc1)C1=C(c2ccc(C)cc2)C(=O)N(c2cc(F)ccc2F)C1=O. The fourth-order valence-electron chi connectivity index (χ4n) is 3.82. The van der Waals surface area contributed by atoms with Gasteiger partial charge in [-0.25, -0.2) is 13.7 Å². The second-order valence-electron chi connectivity index (χ2n) is 7.63. The summed E-state index contributed by atoms with van der Waals surface area (Å²) in [7, 11) is 0. The van der Waals surface area contributed by atoms with Gasteiger partial charge in [0.1, 0.15) is 17.3 Å². The number of halogens is 2. The van der Waals surface area contributed by atoms with Crippen LogP contribution in [0.2, 0.25) is 0 Å². The van der Waals surface area contributed by atoms with Gasteiger partial charge < -0.3 is 4.90 Å². The van der Waals surface area contributed by atoms with Crippen LogP contribution in [0.15, 0.2) is 78.5 Å². The molecule has 0 bridgehead atoms. The van der Waals surface area contributed by atoms with Crippen molar-refractivity contribution >= 4 is 23.1 Å². The van der Waals surface area contributed by atoms with E-state index in [-0.39, 0.29) is 11.3 Å². The van der Waals surface area contributed by atoms with Gasteiger partial charge in [0.2, 0.25) is 0 Å². The summed E-state index contributed by atoms with van der Waals surface area (Å²) in [6.07, 6.45) is 0. The minimum Gasteiger partial charge on any atom is -0.362 e. The minimum atomic E-state index is -0.844. The van der Waals surface area contributed by atoms with Crippen LogP contribution in [0.25, 0.3) is 5.57 Å². The highest BCUT2D eigenvalue weighted by atomic mass is 19.1. The molecule has 162 valence electrons. The van der Waals surface area contributed by atoms with Crippen molar-refractivity contribution in [2.24, 2.45) is 0 Å². The summed E-state index contributed by atoms with van der Waals surface area (Å²) >= 11 is 0. The highest BCUT2D eigenvalue weighted by molar-refractivity contribution is 6.45. The van der Waals surface area contributed by atoms with Gasteiger partial charge in [0.25, 0.3) is 11.8 Å². The summed E-state index contributed by atoms with van der Waals surface area (Å²) < 4.78 is 28.5. The maximum absolute atomic E-state index is 14.6. The average Bonchev–Trinajstić information content (AvgIpc) is 3.05. The normalized spacial score (nSPS) is 13.8. The summed E-state index contributed by atoms with van der Waals surface area (Å²) in [4.78, 5) is 29.5. The average molecular weight is 432 g/mol. The molecule has 0 fully saturated rings. The van der Waals surface area contributed by atoms with Gasteiger partial charge in [0.05, 0.1) is 11.3 Å². The molecule has 0 saturated heterocycles. The lowest BCUT2D eigenvalue weighted by molar-refractivity contribution is -0.120. The zero-order chi connectivity index (χ0) is 22.8. The summed E-state index contributed by atoms with van der Waals surface area (Å²) in [6, 6.07) is 19.5. The van der Waals surface area contributed by atoms with Crippen LogP contribution in [0.4, 0.5) is 14.5 Å². The monoisotopic (exact) mass is 432 g/mol. The maximum Gasteiger partial charge on any atom is 0.282 e. The lowest BCUT2D eigenvalue weighted by Crippen LogP contribution is -2.35. The van der Waals surface area contributed by atoms with Gasteiger partial charge in [-0.15, -0.1) is 0 Å². The number of rotatable bonds is 6. The van der Waals surface area contributed by atoms with Gasteiger partial charge in [0.15, 0.2) is 0 Å². The van der Waals surface area contributed by atoms with Crippen molar-refractivity contribution in [3.8, 4) is 0 Å². The van der Waals surface area contributed by atoms with E-state index in [1.165, 1.54) is 0 Å². The molecule has 6 heteroatoms. The highest BCUT2D eigenvalue weighted by Gasteiger charge is 2.43. The molecule has 0 aliphatic carbocycles. The number of hydrogen-bond donors (Lipinski definition) is 0. The fraction of sp³-hybridized carbons (Fsp3) is 0.154. The van der Waals surface area contributed by atoms with Crippen molar-refractivity contribution in [1.82, 2.24) is 4.90 Å². The van der Waals surface area contributed by atoms with Crippen molar-refractivity contribution in [3.63, 3.8) is 0 Å². The Morgan fingerprint density at radius 1 is 0.875 bits per heavy atom. The topological polar surface area (TPSA) is 40.6 Å². The minimum absolute atomic E-state index is 0.175. The zero-order valence-corrected chi connectivity index (χ0v) is 17.8. The second kappa shape index (κ2) is 8.75. The Bertz CT molecular complexity index is 1200. The molecule has 0 unspecified atom stereocenters. The smallest absolute Gasteiger partial charge is 0.282 e. The van der Waals surface area contributed by atoms with Gasteiger partial charge in [-0.2, -0.15) is 0 Å². The number of carbonyl (C=O) groups excluding carboxylic acids is 2. The summed E-state index contributed by atoms with van der Waals surface area (Å²) in [5.74, 6) is -2.93. The third-order valence-electron chi connectivity index (χ3n) is 5.46. The first-order chi connectivity index (χ1) is 15.4. The summed E-state index contributed by atoms with van der Waals surface area (Å²) in [6.45, 7) is 4.63. The van der Waals surface area contributed by atoms with Crippen molar-refractivity contribution < 1.29 is 18.4 Å². The van der Waals surface area contributed by atoms with Gasteiger partial charge in [-0.1, -0.05) is 60.2 Å². The van der Waals surface area contributed by atoms with Crippen LogP contribution in [-0.2, 0) is 16.1 Å². The predicted octanol–water partition coefficient (Wildman–Crippen LogP) is 5.08. The molecule has 0 radical (unpaired) electrons. The summed E-state index contributed by atoms with van der Waals surface area (Å²) in [5, 5.41) is 0. The van der Waals surface area contributed by atoms with Crippen LogP contribution in [-0.4, -0.2) is 23.3 Å². The van der Waals surface area contributed by atoms with Crippen molar-refractivity contribution in [2.75, 3.05) is 11.4 Å². The van der Waals surface area contributed by atoms with Crippen molar-refractivity contribution in [3.05, 3.63) is 107 Å². The van der Waals surface area contributed by atoms with E-state index < -0.39 is 29.1 Å². The Morgan fingerprint density at radius 3 is 2.22 bits per heavy atom. The molecular weight excluding hydrogens is 410 g/mol. The van der Waals surface area contributed by atoms with Gasteiger partial charge in [0, 0.05) is 19.2 Å². The number of amides is 2. The van der Waals surface area contributed by atoms with Crippen LogP contribution in [0, 0.1) is 18.6 Å². The highest BCUT2D eigenvalue weighted by Crippen LogP contribution is 2.36. The first kappa shape index (κ1) is 21.4. The van der Waals surface area contributed by atoms with Crippen molar-refractivity contribution in [1.29, 1.82) is 0 Å². The molecule has 0 aromatic heterocycles. The number of aryl methyl sites for hydroxylation is 1. The first-order valence-electron chi connectivity index (χ1n) is 10.3. The molecule has 0 saturated carbocycles. The van der Waals surface area contributed by atoms with Crippen LogP contribution in [0.3, 0.4) is 0 Å². The lowest BCUT2D eigenvalue weighted by Gasteiger charge is -2.25. The molecule has 0 spiro atoms. The molecule has 3 aromatic rings. The molecule has 3 aromatic carbocycles. The second-order valence-corrected chi connectivity index (χ2v) is 7.63. The molecular formula is C26H22F2N2O2. The molecule has 0 atom stereocenters. The number of likely N-dealkylation sites (N-methyl/N-ethyl adjacent to an activating group) is 1. The van der Waals surface area contributed by atoms with Crippen LogP contribution < -0.4 is 4.90 Å². The van der Waals surface area contributed by atoms with Gasteiger partial charge in [-0.05, 0) is 37.1 Å². The van der Waals surface area contributed by atoms with Crippen LogP contribution >= 0.6 is 0 Å². The number of hydrogen-bond acceptors (Lipinski definition) is 3. The van der Waals surface area contributed by atoms with Crippen molar-refractivity contribution in [2.45, 2.75) is 20.4 Å². The van der Waals surface area contributed by atoms with E-state index in [1.807, 2.05) is 56.3 Å². The molecule has 1 heterocycles. The lowest BCUT2D eigenvalue weighted by atomic mass is 10.0. The summed E-state index contributed by atoms with van der Waals surface area (Å²) in [5.41, 5.74) is 2.47. The van der Waals surface area contributed by atoms with E-state index in [2.05, 4.69) is 0 Å². The Balaban J connectivity index is 1.86. The number of carbonyl (C=O) groups is 2. The fourth-order valence-corrected chi connectivity index (χ4v) is 3.82. The Kier molecular flexibility index (Phi) is 5.86. The van der Waals surface area contributed by atoms with E-state index >= 15 is 0 Å². The van der Waals surface area contributed by atoms with Crippen LogP contribution in [0.5, 0.6) is 0 Å². The van der Waals surface area contributed by atoms with Gasteiger partial charge in [-0.3, -0.25) is 9.59 Å². The molecule has 4 rings (SSSR count). The van der Waals surface area contributed by atoms with Gasteiger partial charge >= 0.3 is 0 Å². The van der Waals surface area contributed by atoms with E-state index in [1.54, 1.807) is 17.0 Å². The Morgan fingerprint density at radius 2 is 1.56 bits per heavy atom. The molecule has 4 nitrogen and oxygen atoms in total. The van der Waals surface area contributed by atoms with E-state index in [9.17, 15) is 18.4 Å². The van der Waals surface area contributed by atoms with E-state index in [0.717, 1.165) is 34.2 Å². The zero-order valence-electron chi connectivity index (χ0n) is 17.8. The number of nitrogens with zero attached hydrogens (tertiary/aromatic N) is 2. The Hall–Kier alpha value is -3.80. The quantitative estimate of drug-likeness (QED) is 0.510. The molecule has 1 aliphatic heterocycles. The number of anilines is 1. The third kappa shape index (κ3) is 3.91. The largest absolute Gasteiger partial charge is 0.362 e. The Labute approximate surface area is 185 Å². The standard InChI is InChI=1S/C26H22F2N2O2/c1-3-29(16-18-7-5-4-6-8-18)24-23(19-11-9-17(2)10-12-19)25(31)30(26(24)32)22-15-20(27)13-14-21(22)28/h4-15H,3,16H2,1-2H3. The predicted molar refractivity (Wildman–Crippen MR) is 119 cm³/mol.